The summed E-state index contributed by atoms with van der Waals surface area (Å²) < 4.78 is 0. The van der Waals surface area contributed by atoms with Crippen LogP contribution in [0.2, 0.25) is 0 Å². The molecule has 0 aromatic heterocycles. The van der Waals surface area contributed by atoms with Crippen LogP contribution in [0.15, 0.2) is 5.57 Å². The van der Waals surface area contributed by atoms with Crippen molar-refractivity contribution in [2.75, 3.05) is 0 Å². The molecule has 0 rings (SSSR count). The van der Waals surface area contributed by atoms with Crippen LogP contribution in [0.3, 0.4) is 0 Å². The van der Waals surface area contributed by atoms with Crippen molar-refractivity contribution in [3.8, 4) is 0 Å². The van der Waals surface area contributed by atoms with Crippen LogP contribution in [-0.4, -0.2) is 5.71 Å². The SMILES string of the molecule is CCC[C+]=C(CCC)C(=N)CCC. The zero-order valence-corrected chi connectivity index (χ0v) is 9.24. The molecule has 0 aliphatic heterocycles. The highest BCUT2D eigenvalue weighted by molar-refractivity contribution is 5.97. The Morgan fingerprint density at radius 2 is 1.62 bits per heavy atom. The summed E-state index contributed by atoms with van der Waals surface area (Å²) in [6, 6.07) is 0. The minimum atomic E-state index is 0.804. The Balaban J connectivity index is 4.13. The second-order valence-corrected chi connectivity index (χ2v) is 3.38. The van der Waals surface area contributed by atoms with Gasteiger partial charge in [0.15, 0.2) is 11.3 Å². The number of unbranched alkanes of at least 4 members (excludes halogenated alkanes) is 1. The Hall–Kier alpha value is -0.680. The van der Waals surface area contributed by atoms with Gasteiger partial charge in [0.1, 0.15) is 0 Å². The molecule has 1 heteroatoms. The summed E-state index contributed by atoms with van der Waals surface area (Å²) in [4.78, 5) is 0. The molecule has 74 valence electrons. The summed E-state index contributed by atoms with van der Waals surface area (Å²) in [5, 5.41) is 7.83. The van der Waals surface area contributed by atoms with Crippen LogP contribution in [0, 0.1) is 11.5 Å². The summed E-state index contributed by atoms with van der Waals surface area (Å²) in [5.74, 6) is 0. The standard InChI is InChI=1S/C12H22N/c1-4-7-10-11(8-5-2)12(13)9-6-3/h13H,4-9H2,1-3H3/q+1. The average Bonchev–Trinajstić information content (AvgIpc) is 2.12. The van der Waals surface area contributed by atoms with E-state index in [0.717, 1.165) is 49.8 Å². The Kier molecular flexibility index (Phi) is 7.53. The molecule has 0 atom stereocenters. The molecule has 0 saturated carbocycles. The molecule has 0 fully saturated rings. The molecule has 1 N–H and O–H groups in total. The molecular weight excluding hydrogens is 158 g/mol. The van der Waals surface area contributed by atoms with Crippen LogP contribution in [0.5, 0.6) is 0 Å². The quantitative estimate of drug-likeness (QED) is 0.450. The summed E-state index contributed by atoms with van der Waals surface area (Å²) in [6.45, 7) is 6.44. The minimum Gasteiger partial charge on any atom is -0.209 e. The van der Waals surface area contributed by atoms with Crippen molar-refractivity contribution in [2.45, 2.75) is 59.3 Å². The fourth-order valence-electron chi connectivity index (χ4n) is 1.27. The minimum absolute atomic E-state index is 0.804. The third-order valence-electron chi connectivity index (χ3n) is 1.95. The maximum Gasteiger partial charge on any atom is 0.188 e. The summed E-state index contributed by atoms with van der Waals surface area (Å²) >= 11 is 0. The lowest BCUT2D eigenvalue weighted by Gasteiger charge is -1.95. The smallest absolute Gasteiger partial charge is 0.188 e. The van der Waals surface area contributed by atoms with Gasteiger partial charge in [-0.05, 0) is 19.3 Å². The van der Waals surface area contributed by atoms with Crippen LogP contribution in [0.4, 0.5) is 0 Å². The predicted molar refractivity (Wildman–Crippen MR) is 59.2 cm³/mol. The monoisotopic (exact) mass is 180 g/mol. The number of hydrogen-bond acceptors (Lipinski definition) is 1. The Morgan fingerprint density at radius 1 is 1.00 bits per heavy atom. The van der Waals surface area contributed by atoms with Gasteiger partial charge in [-0.2, -0.15) is 0 Å². The molecule has 0 saturated heterocycles. The predicted octanol–water partition coefficient (Wildman–Crippen LogP) is 4.14. The third kappa shape index (κ3) is 5.54. The van der Waals surface area contributed by atoms with Crippen LogP contribution >= 0.6 is 0 Å². The van der Waals surface area contributed by atoms with Gasteiger partial charge in [-0.3, -0.25) is 0 Å². The van der Waals surface area contributed by atoms with E-state index >= 15 is 0 Å². The van der Waals surface area contributed by atoms with Gasteiger partial charge in [-0.1, -0.05) is 20.8 Å². The van der Waals surface area contributed by atoms with Crippen molar-refractivity contribution in [2.24, 2.45) is 0 Å². The number of hydrogen-bond donors (Lipinski definition) is 1. The van der Waals surface area contributed by atoms with Gasteiger partial charge in [0.25, 0.3) is 0 Å². The van der Waals surface area contributed by atoms with E-state index in [-0.39, 0.29) is 0 Å². The molecule has 0 aliphatic carbocycles. The second kappa shape index (κ2) is 7.94. The van der Waals surface area contributed by atoms with Crippen molar-refractivity contribution >= 4 is 5.71 Å². The maximum absolute atomic E-state index is 7.83. The molecule has 0 bridgehead atoms. The molecule has 1 nitrogen and oxygen atoms in total. The van der Waals surface area contributed by atoms with E-state index in [9.17, 15) is 0 Å². The first-order valence-electron chi connectivity index (χ1n) is 5.43. The topological polar surface area (TPSA) is 23.9 Å². The van der Waals surface area contributed by atoms with E-state index in [4.69, 9.17) is 5.41 Å². The third-order valence-corrected chi connectivity index (χ3v) is 1.95. The first-order valence-corrected chi connectivity index (χ1v) is 5.43. The van der Waals surface area contributed by atoms with Crippen molar-refractivity contribution < 1.29 is 0 Å². The van der Waals surface area contributed by atoms with E-state index in [1.165, 1.54) is 0 Å². The Labute approximate surface area is 82.7 Å². The summed E-state index contributed by atoms with van der Waals surface area (Å²) in [7, 11) is 0. The molecule has 0 heterocycles. The van der Waals surface area contributed by atoms with Crippen LogP contribution < -0.4 is 0 Å². The van der Waals surface area contributed by atoms with E-state index in [1.807, 2.05) is 0 Å². The van der Waals surface area contributed by atoms with Crippen LogP contribution in [0.1, 0.15) is 59.3 Å². The van der Waals surface area contributed by atoms with Crippen molar-refractivity contribution in [1.82, 2.24) is 0 Å². The molecule has 0 unspecified atom stereocenters. The average molecular weight is 180 g/mol. The highest BCUT2D eigenvalue weighted by atomic mass is 14.4. The summed E-state index contributed by atoms with van der Waals surface area (Å²) in [5.41, 5.74) is 1.96. The first-order chi connectivity index (χ1) is 6.26. The van der Waals surface area contributed by atoms with Gasteiger partial charge >= 0.3 is 0 Å². The van der Waals surface area contributed by atoms with E-state index in [2.05, 4.69) is 26.8 Å². The van der Waals surface area contributed by atoms with Gasteiger partial charge in [0.2, 0.25) is 0 Å². The molecular formula is C12H22N+. The highest BCUT2D eigenvalue weighted by Crippen LogP contribution is 2.11. The van der Waals surface area contributed by atoms with Gasteiger partial charge in [-0.25, -0.2) is 5.41 Å². The lowest BCUT2D eigenvalue weighted by Crippen LogP contribution is -2.01. The van der Waals surface area contributed by atoms with Gasteiger partial charge in [0.05, 0.1) is 18.9 Å². The van der Waals surface area contributed by atoms with E-state index < -0.39 is 0 Å². The van der Waals surface area contributed by atoms with Crippen molar-refractivity contribution in [1.29, 1.82) is 5.41 Å². The molecule has 0 aromatic rings. The molecule has 0 aliphatic rings. The number of rotatable bonds is 7. The molecule has 0 amide bonds. The largest absolute Gasteiger partial charge is 0.209 e. The molecule has 0 spiro atoms. The van der Waals surface area contributed by atoms with Crippen LogP contribution in [0.25, 0.3) is 0 Å². The maximum atomic E-state index is 7.83. The fraction of sp³-hybridized carbons (Fsp3) is 0.750. The number of nitrogens with one attached hydrogen (secondary N) is 1. The van der Waals surface area contributed by atoms with E-state index in [1.54, 1.807) is 0 Å². The first kappa shape index (κ1) is 12.3. The molecule has 0 aromatic carbocycles. The molecule has 13 heavy (non-hydrogen) atoms. The lowest BCUT2D eigenvalue weighted by molar-refractivity contribution is 0.873. The normalized spacial score (nSPS) is 11.2. The number of allylic oxidation sites excluding steroid dienone is 2. The van der Waals surface area contributed by atoms with Crippen molar-refractivity contribution in [3.05, 3.63) is 11.6 Å². The van der Waals surface area contributed by atoms with Gasteiger partial charge < -0.3 is 0 Å². The van der Waals surface area contributed by atoms with Crippen LogP contribution in [-0.2, 0) is 0 Å². The zero-order valence-electron chi connectivity index (χ0n) is 9.24. The summed E-state index contributed by atoms with van der Waals surface area (Å²) in [6.07, 6.45) is 9.61. The van der Waals surface area contributed by atoms with Gasteiger partial charge in [0, 0.05) is 6.42 Å². The Morgan fingerprint density at radius 3 is 2.08 bits per heavy atom. The van der Waals surface area contributed by atoms with E-state index in [0.29, 0.717) is 0 Å². The highest BCUT2D eigenvalue weighted by Gasteiger charge is 2.14. The lowest BCUT2D eigenvalue weighted by atomic mass is 10.0. The van der Waals surface area contributed by atoms with Crippen molar-refractivity contribution in [3.63, 3.8) is 0 Å². The fourth-order valence-corrected chi connectivity index (χ4v) is 1.27. The van der Waals surface area contributed by atoms with Gasteiger partial charge in [-0.15, -0.1) is 0 Å². The second-order valence-electron chi connectivity index (χ2n) is 3.38. The zero-order chi connectivity index (χ0) is 10.1. The Bertz CT molecular complexity index is 168. The molecule has 0 radical (unpaired) electrons.